The summed E-state index contributed by atoms with van der Waals surface area (Å²) in [6, 6.07) is 5.62. The van der Waals surface area contributed by atoms with Crippen molar-refractivity contribution >= 4 is 17.6 Å². The molecule has 0 bridgehead atoms. The summed E-state index contributed by atoms with van der Waals surface area (Å²) in [5.74, 6) is -1.82. The number of carbonyl (C=O) groups excluding carboxylic acids is 1. The number of hydrogen-bond donors (Lipinski definition) is 2. The Morgan fingerprint density at radius 1 is 1.47 bits per heavy atom. The minimum Gasteiger partial charge on any atom is -0.479 e. The zero-order valence-electron chi connectivity index (χ0n) is 10.6. The number of carboxylic acids is 1. The number of nitrogens with two attached hydrogens (primary N) is 1. The van der Waals surface area contributed by atoms with Crippen molar-refractivity contribution in [2.75, 3.05) is 19.4 Å². The number of hydrogen-bond acceptors (Lipinski definition) is 4. The molecular formula is C13H16N2O4. The third-order valence-electron chi connectivity index (χ3n) is 3.31. The van der Waals surface area contributed by atoms with Crippen LogP contribution < -0.4 is 5.73 Å². The van der Waals surface area contributed by atoms with Crippen LogP contribution in [0.25, 0.3) is 0 Å². The first-order valence-corrected chi connectivity index (χ1v) is 5.95. The van der Waals surface area contributed by atoms with Crippen molar-refractivity contribution in [2.24, 2.45) is 0 Å². The summed E-state index contributed by atoms with van der Waals surface area (Å²) in [5.41, 5.74) is 8.51. The smallest absolute Gasteiger partial charge is 0.342 e. The van der Waals surface area contributed by atoms with Crippen molar-refractivity contribution in [1.82, 2.24) is 4.90 Å². The predicted molar refractivity (Wildman–Crippen MR) is 68.4 cm³/mol. The molecule has 6 heteroatoms. The molecule has 0 radical (unpaired) electrons. The Balaban J connectivity index is 2.20. The van der Waals surface area contributed by atoms with Gasteiger partial charge in [-0.05, 0) is 23.6 Å². The number of aliphatic carboxylic acids is 1. The number of anilines is 1. The summed E-state index contributed by atoms with van der Waals surface area (Å²) >= 11 is 0. The number of nitrogen functional groups attached to an aromatic ring is 1. The fourth-order valence-corrected chi connectivity index (χ4v) is 2.27. The summed E-state index contributed by atoms with van der Waals surface area (Å²) in [6.45, 7) is 0.802. The molecule has 1 aromatic carbocycles. The molecular weight excluding hydrogens is 248 g/mol. The van der Waals surface area contributed by atoms with Crippen LogP contribution in [0, 0.1) is 0 Å². The van der Waals surface area contributed by atoms with Crippen LogP contribution in [-0.2, 0) is 27.3 Å². The number of rotatable bonds is 3. The van der Waals surface area contributed by atoms with E-state index in [1.807, 2.05) is 12.1 Å². The van der Waals surface area contributed by atoms with E-state index >= 15 is 0 Å². The van der Waals surface area contributed by atoms with Gasteiger partial charge in [0, 0.05) is 25.9 Å². The Kier molecular flexibility index (Phi) is 3.71. The molecule has 0 aromatic heterocycles. The van der Waals surface area contributed by atoms with E-state index in [-0.39, 0.29) is 0 Å². The maximum Gasteiger partial charge on any atom is 0.342 e. The molecule has 19 heavy (non-hydrogen) atoms. The molecule has 0 fully saturated rings. The highest BCUT2D eigenvalue weighted by molar-refractivity contribution is 6.00. The minimum absolute atomic E-state index is 0.327. The molecule has 0 spiro atoms. The molecule has 0 aliphatic carbocycles. The largest absolute Gasteiger partial charge is 0.479 e. The van der Waals surface area contributed by atoms with Crippen LogP contribution in [0.2, 0.25) is 0 Å². The van der Waals surface area contributed by atoms with Gasteiger partial charge in [0.15, 0.2) is 0 Å². The first-order chi connectivity index (χ1) is 9.04. The third-order valence-corrected chi connectivity index (χ3v) is 3.31. The van der Waals surface area contributed by atoms with E-state index in [2.05, 4.69) is 0 Å². The van der Waals surface area contributed by atoms with Gasteiger partial charge >= 0.3 is 5.97 Å². The molecule has 2 rings (SSSR count). The highest BCUT2D eigenvalue weighted by atomic mass is 16.5. The van der Waals surface area contributed by atoms with Crippen LogP contribution in [0.3, 0.4) is 0 Å². The number of benzene rings is 1. The number of nitrogens with zero attached hydrogens (tertiary/aromatic N) is 1. The number of methoxy groups -OCH3 is 1. The molecule has 1 amide bonds. The van der Waals surface area contributed by atoms with Gasteiger partial charge < -0.3 is 20.5 Å². The highest BCUT2D eigenvalue weighted by Gasteiger charge is 2.32. The van der Waals surface area contributed by atoms with Gasteiger partial charge in [-0.1, -0.05) is 12.1 Å². The molecule has 3 N–H and O–H groups in total. The lowest BCUT2D eigenvalue weighted by Gasteiger charge is -2.31. The minimum atomic E-state index is -1.45. The molecule has 6 nitrogen and oxygen atoms in total. The van der Waals surface area contributed by atoms with Crippen molar-refractivity contribution < 1.29 is 19.4 Å². The maximum absolute atomic E-state index is 12.1. The average molecular weight is 264 g/mol. The monoisotopic (exact) mass is 264 g/mol. The Hall–Kier alpha value is -2.08. The Morgan fingerprint density at radius 2 is 2.21 bits per heavy atom. The van der Waals surface area contributed by atoms with Crippen molar-refractivity contribution in [3.8, 4) is 0 Å². The van der Waals surface area contributed by atoms with Crippen LogP contribution in [0.1, 0.15) is 11.1 Å². The van der Waals surface area contributed by atoms with Gasteiger partial charge in [-0.15, -0.1) is 0 Å². The molecule has 0 saturated heterocycles. The second kappa shape index (κ2) is 5.27. The zero-order chi connectivity index (χ0) is 14.0. The van der Waals surface area contributed by atoms with E-state index < -0.39 is 18.0 Å². The molecule has 1 aromatic rings. The van der Waals surface area contributed by atoms with Gasteiger partial charge in [0.2, 0.25) is 6.10 Å². The van der Waals surface area contributed by atoms with E-state index in [4.69, 9.17) is 15.6 Å². The second-order valence-electron chi connectivity index (χ2n) is 4.45. The number of ether oxygens (including phenoxy) is 1. The molecule has 102 valence electrons. The normalized spacial score (nSPS) is 15.7. The van der Waals surface area contributed by atoms with Crippen LogP contribution in [0.5, 0.6) is 0 Å². The van der Waals surface area contributed by atoms with Gasteiger partial charge in [0.05, 0.1) is 0 Å². The van der Waals surface area contributed by atoms with Gasteiger partial charge in [-0.25, -0.2) is 4.79 Å². The molecule has 1 aliphatic heterocycles. The maximum atomic E-state index is 12.1. The van der Waals surface area contributed by atoms with Gasteiger partial charge in [0.1, 0.15) is 0 Å². The number of amides is 1. The summed E-state index contributed by atoms with van der Waals surface area (Å²) in [5, 5.41) is 8.93. The van der Waals surface area contributed by atoms with Crippen LogP contribution in [0.15, 0.2) is 18.2 Å². The van der Waals surface area contributed by atoms with E-state index in [0.717, 1.165) is 11.1 Å². The lowest BCUT2D eigenvalue weighted by Crippen LogP contribution is -2.46. The Morgan fingerprint density at radius 3 is 2.84 bits per heavy atom. The molecule has 1 aliphatic rings. The van der Waals surface area contributed by atoms with Crippen molar-refractivity contribution in [2.45, 2.75) is 19.1 Å². The van der Waals surface area contributed by atoms with E-state index in [1.165, 1.54) is 12.0 Å². The number of carbonyl (C=O) groups is 2. The fraction of sp³-hybridized carbons (Fsp3) is 0.385. The standard InChI is InChI=1S/C13H16N2O4/c1-19-11(13(17)18)12(16)15-6-5-8-3-2-4-10(14)9(8)7-15/h2-4,11H,5-7,14H2,1H3,(H,17,18). The number of carboxylic acid groups (broad SMARTS) is 1. The summed E-state index contributed by atoms with van der Waals surface area (Å²) < 4.78 is 4.72. The van der Waals surface area contributed by atoms with Gasteiger partial charge in [-0.2, -0.15) is 0 Å². The van der Waals surface area contributed by atoms with Gasteiger partial charge in [-0.3, -0.25) is 4.79 Å². The average Bonchev–Trinajstić information content (AvgIpc) is 2.39. The van der Waals surface area contributed by atoms with Crippen molar-refractivity contribution in [3.63, 3.8) is 0 Å². The third kappa shape index (κ3) is 2.53. The Labute approximate surface area is 110 Å². The molecule has 1 atom stereocenters. The summed E-state index contributed by atoms with van der Waals surface area (Å²) in [4.78, 5) is 24.5. The highest BCUT2D eigenvalue weighted by Crippen LogP contribution is 2.24. The fourth-order valence-electron chi connectivity index (χ4n) is 2.27. The zero-order valence-corrected chi connectivity index (χ0v) is 10.6. The summed E-state index contributed by atoms with van der Waals surface area (Å²) in [7, 11) is 1.21. The van der Waals surface area contributed by atoms with Crippen molar-refractivity contribution in [3.05, 3.63) is 29.3 Å². The first-order valence-electron chi connectivity index (χ1n) is 5.95. The molecule has 1 heterocycles. The SMILES string of the molecule is COC(C(=O)O)C(=O)N1CCc2cccc(N)c2C1. The van der Waals surface area contributed by atoms with Gasteiger partial charge in [0.25, 0.3) is 5.91 Å². The lowest BCUT2D eigenvalue weighted by atomic mass is 9.98. The topological polar surface area (TPSA) is 92.9 Å². The van der Waals surface area contributed by atoms with Crippen LogP contribution in [-0.4, -0.2) is 41.6 Å². The molecule has 1 unspecified atom stereocenters. The second-order valence-corrected chi connectivity index (χ2v) is 4.45. The quantitative estimate of drug-likeness (QED) is 0.603. The van der Waals surface area contributed by atoms with E-state index in [1.54, 1.807) is 6.07 Å². The number of fused-ring (bicyclic) bond motifs is 1. The Bertz CT molecular complexity index is 515. The van der Waals surface area contributed by atoms with E-state index in [9.17, 15) is 9.59 Å². The molecule has 0 saturated carbocycles. The van der Waals surface area contributed by atoms with Crippen LogP contribution >= 0.6 is 0 Å². The van der Waals surface area contributed by atoms with Crippen molar-refractivity contribution in [1.29, 1.82) is 0 Å². The van der Waals surface area contributed by atoms with E-state index in [0.29, 0.717) is 25.2 Å². The first kappa shape index (κ1) is 13.4. The summed E-state index contributed by atoms with van der Waals surface area (Å²) in [6.07, 6.45) is -0.784. The van der Waals surface area contributed by atoms with Crippen LogP contribution in [0.4, 0.5) is 5.69 Å². The lowest BCUT2D eigenvalue weighted by molar-refractivity contribution is -0.160. The predicted octanol–water partition coefficient (Wildman–Crippen LogP) is 0.253.